The van der Waals surface area contributed by atoms with Crippen molar-refractivity contribution in [1.82, 2.24) is 10.6 Å². The average molecular weight is 260 g/mol. The van der Waals surface area contributed by atoms with E-state index in [4.69, 9.17) is 4.74 Å². The van der Waals surface area contributed by atoms with Crippen LogP contribution in [0.1, 0.15) is 18.4 Å². The van der Waals surface area contributed by atoms with Crippen LogP contribution in [-0.2, 0) is 11.3 Å². The van der Waals surface area contributed by atoms with Gasteiger partial charge in [-0.05, 0) is 24.1 Å². The van der Waals surface area contributed by atoms with Crippen LogP contribution in [0, 0.1) is 0 Å². The summed E-state index contributed by atoms with van der Waals surface area (Å²) < 4.78 is 5.43. The molecule has 0 bridgehead atoms. The molecule has 1 aliphatic rings. The number of rotatable bonds is 6. The molecule has 1 amide bonds. The van der Waals surface area contributed by atoms with Crippen molar-refractivity contribution in [2.75, 3.05) is 13.2 Å². The second-order valence-corrected chi connectivity index (χ2v) is 4.66. The van der Waals surface area contributed by atoms with E-state index in [1.807, 2.05) is 24.3 Å². The van der Waals surface area contributed by atoms with Gasteiger partial charge in [0.1, 0.15) is 12.4 Å². The van der Waals surface area contributed by atoms with Gasteiger partial charge in [-0.3, -0.25) is 4.79 Å². The average Bonchev–Trinajstić information content (AvgIpc) is 2.46. The van der Waals surface area contributed by atoms with Gasteiger partial charge in [0.15, 0.2) is 0 Å². The Morgan fingerprint density at radius 2 is 2.21 bits per heavy atom. The Hall–Kier alpha value is -1.81. The molecule has 4 heteroatoms. The van der Waals surface area contributed by atoms with Crippen molar-refractivity contribution in [2.24, 2.45) is 0 Å². The Bertz CT molecular complexity index is 418. The highest BCUT2D eigenvalue weighted by Gasteiger charge is 2.16. The van der Waals surface area contributed by atoms with E-state index in [-0.39, 0.29) is 5.91 Å². The molecule has 2 rings (SSSR count). The van der Waals surface area contributed by atoms with Gasteiger partial charge in [0.25, 0.3) is 0 Å². The van der Waals surface area contributed by atoms with Gasteiger partial charge in [-0.15, -0.1) is 0 Å². The zero-order valence-electron chi connectivity index (χ0n) is 11.0. The molecule has 0 radical (unpaired) electrons. The van der Waals surface area contributed by atoms with Crippen LogP contribution >= 0.6 is 0 Å². The zero-order valence-corrected chi connectivity index (χ0v) is 11.0. The van der Waals surface area contributed by atoms with Crippen molar-refractivity contribution < 1.29 is 9.53 Å². The van der Waals surface area contributed by atoms with Gasteiger partial charge in [-0.25, -0.2) is 0 Å². The first-order valence-corrected chi connectivity index (χ1v) is 6.60. The lowest BCUT2D eigenvalue weighted by Gasteiger charge is -2.23. The largest absolute Gasteiger partial charge is 0.490 e. The molecule has 1 aliphatic heterocycles. The van der Waals surface area contributed by atoms with Gasteiger partial charge in [0, 0.05) is 25.6 Å². The lowest BCUT2D eigenvalue weighted by Crippen LogP contribution is -2.45. The van der Waals surface area contributed by atoms with Crippen LogP contribution in [0.2, 0.25) is 0 Å². The smallest absolute Gasteiger partial charge is 0.220 e. The zero-order chi connectivity index (χ0) is 13.5. The van der Waals surface area contributed by atoms with E-state index in [0.29, 0.717) is 19.1 Å². The van der Waals surface area contributed by atoms with Crippen molar-refractivity contribution >= 4 is 5.91 Å². The molecule has 1 unspecified atom stereocenters. The monoisotopic (exact) mass is 260 g/mol. The normalized spacial score (nSPS) is 18.7. The number of hydrogen-bond acceptors (Lipinski definition) is 3. The maximum atomic E-state index is 11.0. The summed E-state index contributed by atoms with van der Waals surface area (Å²) >= 11 is 0. The van der Waals surface area contributed by atoms with Crippen LogP contribution in [0.5, 0.6) is 5.75 Å². The van der Waals surface area contributed by atoms with Gasteiger partial charge in [-0.2, -0.15) is 0 Å². The molecule has 1 saturated heterocycles. The summed E-state index contributed by atoms with van der Waals surface area (Å²) in [4.78, 5) is 11.0. The number of carbonyl (C=O) groups is 1. The van der Waals surface area contributed by atoms with E-state index >= 15 is 0 Å². The molecule has 102 valence electrons. The molecule has 1 aromatic rings. The topological polar surface area (TPSA) is 50.4 Å². The highest BCUT2D eigenvalue weighted by Crippen LogP contribution is 2.12. The summed E-state index contributed by atoms with van der Waals surface area (Å²) in [7, 11) is 0. The van der Waals surface area contributed by atoms with Crippen molar-refractivity contribution in [2.45, 2.75) is 25.4 Å². The molecule has 1 atom stereocenters. The molecule has 1 fully saturated rings. The van der Waals surface area contributed by atoms with Gasteiger partial charge in [-0.1, -0.05) is 24.8 Å². The number of carbonyl (C=O) groups excluding carboxylic acids is 1. The fourth-order valence-corrected chi connectivity index (χ4v) is 2.03. The van der Waals surface area contributed by atoms with Gasteiger partial charge in [0.2, 0.25) is 5.91 Å². The highest BCUT2D eigenvalue weighted by atomic mass is 16.5. The Morgan fingerprint density at radius 1 is 1.42 bits per heavy atom. The van der Waals surface area contributed by atoms with Crippen molar-refractivity contribution in [3.8, 4) is 5.75 Å². The van der Waals surface area contributed by atoms with E-state index in [9.17, 15) is 4.79 Å². The second-order valence-electron chi connectivity index (χ2n) is 4.66. The van der Waals surface area contributed by atoms with Crippen molar-refractivity contribution in [3.05, 3.63) is 42.5 Å². The first kappa shape index (κ1) is 13.6. The van der Waals surface area contributed by atoms with Gasteiger partial charge in [0.05, 0.1) is 0 Å². The molecular formula is C15H20N2O2. The molecule has 2 N–H and O–H groups in total. The predicted octanol–water partition coefficient (Wildman–Crippen LogP) is 1.62. The third kappa shape index (κ3) is 4.41. The Kier molecular flexibility index (Phi) is 4.98. The highest BCUT2D eigenvalue weighted by molar-refractivity contribution is 5.76. The molecule has 1 aromatic carbocycles. The summed E-state index contributed by atoms with van der Waals surface area (Å²) in [6, 6.07) is 8.39. The molecule has 0 aromatic heterocycles. The minimum Gasteiger partial charge on any atom is -0.490 e. The van der Waals surface area contributed by atoms with Crippen LogP contribution < -0.4 is 15.4 Å². The molecule has 0 saturated carbocycles. The maximum Gasteiger partial charge on any atom is 0.220 e. The van der Waals surface area contributed by atoms with E-state index < -0.39 is 0 Å². The second kappa shape index (κ2) is 6.95. The van der Waals surface area contributed by atoms with Crippen molar-refractivity contribution in [1.29, 1.82) is 0 Å². The lowest BCUT2D eigenvalue weighted by atomic mass is 10.1. The summed E-state index contributed by atoms with van der Waals surface area (Å²) in [6.45, 7) is 5.67. The van der Waals surface area contributed by atoms with Crippen molar-refractivity contribution in [3.63, 3.8) is 0 Å². The summed E-state index contributed by atoms with van der Waals surface area (Å²) in [5.41, 5.74) is 1.21. The fraction of sp³-hybridized carbons (Fsp3) is 0.400. The van der Waals surface area contributed by atoms with Crippen LogP contribution in [0.3, 0.4) is 0 Å². The standard InChI is InChI=1S/C15H20N2O2/c1-2-9-19-14-6-3-12(4-7-14)10-16-13-5-8-15(18)17-11-13/h2-4,6-7,13,16H,1,5,8-11H2,(H,17,18). The molecule has 19 heavy (non-hydrogen) atoms. The van der Waals surface area contributed by atoms with Crippen LogP contribution in [0.15, 0.2) is 36.9 Å². The number of hydrogen-bond donors (Lipinski definition) is 2. The minimum atomic E-state index is 0.154. The minimum absolute atomic E-state index is 0.154. The lowest BCUT2D eigenvalue weighted by molar-refractivity contribution is -0.122. The summed E-state index contributed by atoms with van der Waals surface area (Å²) in [5, 5.41) is 6.32. The molecule has 0 spiro atoms. The number of benzene rings is 1. The molecule has 0 aliphatic carbocycles. The molecular weight excluding hydrogens is 240 g/mol. The quantitative estimate of drug-likeness (QED) is 0.764. The number of piperidine rings is 1. The Labute approximate surface area is 113 Å². The third-order valence-electron chi connectivity index (χ3n) is 3.15. The van der Waals surface area contributed by atoms with Crippen LogP contribution in [-0.4, -0.2) is 25.1 Å². The number of ether oxygens (including phenoxy) is 1. The van der Waals surface area contributed by atoms with E-state index in [2.05, 4.69) is 17.2 Å². The van der Waals surface area contributed by atoms with Gasteiger partial charge >= 0.3 is 0 Å². The van der Waals surface area contributed by atoms with E-state index in [1.165, 1.54) is 5.56 Å². The first-order chi connectivity index (χ1) is 9.28. The Balaban J connectivity index is 1.76. The number of nitrogens with one attached hydrogen (secondary N) is 2. The van der Waals surface area contributed by atoms with Crippen LogP contribution in [0.4, 0.5) is 0 Å². The van der Waals surface area contributed by atoms with Crippen LogP contribution in [0.25, 0.3) is 0 Å². The molecule has 1 heterocycles. The first-order valence-electron chi connectivity index (χ1n) is 6.60. The predicted molar refractivity (Wildman–Crippen MR) is 75.0 cm³/mol. The van der Waals surface area contributed by atoms with E-state index in [1.54, 1.807) is 6.08 Å². The molecule has 4 nitrogen and oxygen atoms in total. The van der Waals surface area contributed by atoms with Gasteiger partial charge < -0.3 is 15.4 Å². The maximum absolute atomic E-state index is 11.0. The Morgan fingerprint density at radius 3 is 2.84 bits per heavy atom. The third-order valence-corrected chi connectivity index (χ3v) is 3.15. The summed E-state index contributed by atoms with van der Waals surface area (Å²) in [5.74, 6) is 1.01. The van der Waals surface area contributed by atoms with E-state index in [0.717, 1.165) is 25.3 Å². The SMILES string of the molecule is C=CCOc1ccc(CNC2CCC(=O)NC2)cc1. The summed E-state index contributed by atoms with van der Waals surface area (Å²) in [6.07, 6.45) is 3.26. The fourth-order valence-electron chi connectivity index (χ4n) is 2.03. The number of amides is 1.